The molecule has 4 nitrogen and oxygen atoms in total. The Hall–Kier alpha value is -3.40. The van der Waals surface area contributed by atoms with E-state index in [0.29, 0.717) is 45.9 Å². The van der Waals surface area contributed by atoms with Gasteiger partial charge in [-0.3, -0.25) is 9.59 Å². The maximum absolute atomic E-state index is 12.5. The highest BCUT2D eigenvalue weighted by molar-refractivity contribution is 5.97. The fourth-order valence-electron chi connectivity index (χ4n) is 6.84. The smallest absolute Gasteiger partial charge is 0.253 e. The Balaban J connectivity index is -0.000000813. The molecule has 3 aromatic carbocycles. The highest BCUT2D eigenvalue weighted by Crippen LogP contribution is 2.26. The normalized spacial score (nSPS) is 11.6. The van der Waals surface area contributed by atoms with E-state index in [2.05, 4.69) is 173 Å². The first kappa shape index (κ1) is 62.9. The van der Waals surface area contributed by atoms with Gasteiger partial charge in [0, 0.05) is 38.3 Å². The molecule has 3 aromatic rings. The van der Waals surface area contributed by atoms with Gasteiger partial charge in [0.15, 0.2) is 0 Å². The molecule has 0 heterocycles. The van der Waals surface area contributed by atoms with Crippen LogP contribution in [0.3, 0.4) is 0 Å². The predicted octanol–water partition coefficient (Wildman–Crippen LogP) is 16.7. The van der Waals surface area contributed by atoms with Gasteiger partial charge in [-0.1, -0.05) is 215 Å². The number of nitrogens with zero attached hydrogens (tertiary/aromatic N) is 2. The van der Waals surface area contributed by atoms with Crippen LogP contribution in [0.15, 0.2) is 72.8 Å². The van der Waals surface area contributed by atoms with Crippen LogP contribution in [0, 0.1) is 32.5 Å². The van der Waals surface area contributed by atoms with Crippen LogP contribution >= 0.6 is 0 Å². The van der Waals surface area contributed by atoms with Crippen LogP contribution in [0.1, 0.15) is 209 Å². The highest BCUT2D eigenvalue weighted by atomic mass is 16.2. The molecule has 2 amide bonds. The van der Waals surface area contributed by atoms with E-state index in [9.17, 15) is 9.59 Å². The average Bonchev–Trinajstić information content (AvgIpc) is 3.11. The minimum Gasteiger partial charge on any atom is -0.341 e. The van der Waals surface area contributed by atoms with Gasteiger partial charge in [0.05, 0.1) is 0 Å². The Morgan fingerprint density at radius 3 is 0.790 bits per heavy atom. The van der Waals surface area contributed by atoms with Crippen molar-refractivity contribution in [3.63, 3.8) is 0 Å². The third kappa shape index (κ3) is 33.2. The molecule has 0 N–H and O–H groups in total. The molecule has 3 rings (SSSR count). The van der Waals surface area contributed by atoms with Gasteiger partial charge >= 0.3 is 0 Å². The summed E-state index contributed by atoms with van der Waals surface area (Å²) in [5.41, 5.74) is 8.66. The molecule has 0 saturated carbocycles. The number of carbonyl (C=O) groups excluding carboxylic acids is 2. The summed E-state index contributed by atoms with van der Waals surface area (Å²) in [6, 6.07) is 25.1. The second-order valence-corrected chi connectivity index (χ2v) is 23.6. The first-order valence-corrected chi connectivity index (χ1v) is 23.9. The van der Waals surface area contributed by atoms with E-state index in [4.69, 9.17) is 0 Å². The van der Waals surface area contributed by atoms with E-state index in [1.54, 1.807) is 34.1 Å². The minimum atomic E-state index is -0.0213. The van der Waals surface area contributed by atoms with Crippen LogP contribution < -0.4 is 0 Å². The number of carbonyl (C=O) groups is 2. The summed E-state index contributed by atoms with van der Waals surface area (Å²) in [5.74, 6) is -0.0426. The third-order valence-corrected chi connectivity index (χ3v) is 8.45. The first-order chi connectivity index (χ1) is 28.1. The summed E-state index contributed by atoms with van der Waals surface area (Å²) in [4.78, 5) is 28.4. The molecule has 0 aromatic heterocycles. The van der Waals surface area contributed by atoms with Crippen molar-refractivity contribution in [3.8, 4) is 0 Å². The lowest BCUT2D eigenvalue weighted by Gasteiger charge is -2.27. The van der Waals surface area contributed by atoms with Crippen molar-refractivity contribution in [2.45, 2.75) is 192 Å². The number of amides is 2. The molecule has 0 spiro atoms. The van der Waals surface area contributed by atoms with Crippen LogP contribution in [-0.2, 0) is 25.7 Å². The van der Waals surface area contributed by atoms with Crippen molar-refractivity contribution in [1.82, 2.24) is 9.80 Å². The Labute approximate surface area is 387 Å². The maximum Gasteiger partial charge on any atom is 0.253 e. The summed E-state index contributed by atoms with van der Waals surface area (Å²) >= 11 is 0. The third-order valence-electron chi connectivity index (χ3n) is 8.45. The number of benzene rings is 3. The molecule has 0 fully saturated rings. The highest BCUT2D eigenvalue weighted by Gasteiger charge is 2.22. The van der Waals surface area contributed by atoms with E-state index in [-0.39, 0.29) is 22.6 Å². The molecule has 4 heteroatoms. The summed E-state index contributed by atoms with van der Waals surface area (Å²) in [6.45, 7) is 53.5. The van der Waals surface area contributed by atoms with Crippen LogP contribution in [0.4, 0.5) is 0 Å². The van der Waals surface area contributed by atoms with E-state index in [0.717, 1.165) is 25.7 Å². The summed E-state index contributed by atoms with van der Waals surface area (Å²) in [5, 5.41) is 0. The quantitative estimate of drug-likeness (QED) is 0.226. The summed E-state index contributed by atoms with van der Waals surface area (Å²) in [7, 11) is 3.62. The standard InChI is InChI=1S/C20H32N2O2.2C16H26.3C2H6/c1-19(2,3)13-21(7)17(23)15-9-11-16(12-10-15)18(24)22(8)14-20(4,5)6;1-15(2,3)11-13-7-9-14(10-8-13)12-16(4,5)6;1-15(2,3)11-13-8-7-9-14(10-13)12-16(4,5)6;3*1-2/h9-12H,13-14H2,1-8H3;2*7-10H,11-12H2,1-6H3;3*1-2H3. The van der Waals surface area contributed by atoms with Gasteiger partial charge in [-0.25, -0.2) is 0 Å². The summed E-state index contributed by atoms with van der Waals surface area (Å²) < 4.78 is 0. The molecule has 0 bridgehead atoms. The molecule has 62 heavy (non-hydrogen) atoms. The summed E-state index contributed by atoms with van der Waals surface area (Å²) in [6.07, 6.45) is 4.63. The maximum atomic E-state index is 12.5. The van der Waals surface area contributed by atoms with Crippen molar-refractivity contribution >= 4 is 11.8 Å². The molecular weight excluding hydrogens is 757 g/mol. The van der Waals surface area contributed by atoms with Gasteiger partial charge in [0.25, 0.3) is 11.8 Å². The number of hydrogen-bond donors (Lipinski definition) is 0. The topological polar surface area (TPSA) is 40.6 Å². The largest absolute Gasteiger partial charge is 0.341 e. The van der Waals surface area contributed by atoms with E-state index in [1.165, 1.54) is 22.3 Å². The fraction of sp³-hybridized carbons (Fsp3) is 0.655. The zero-order valence-corrected chi connectivity index (χ0v) is 45.9. The molecule has 0 aliphatic heterocycles. The van der Waals surface area contributed by atoms with Crippen molar-refractivity contribution in [3.05, 3.63) is 106 Å². The second kappa shape index (κ2) is 28.4. The lowest BCUT2D eigenvalue weighted by atomic mass is 9.85. The Morgan fingerprint density at radius 1 is 0.355 bits per heavy atom. The van der Waals surface area contributed by atoms with Crippen molar-refractivity contribution in [2.75, 3.05) is 27.2 Å². The Bertz CT molecular complexity index is 1500. The van der Waals surface area contributed by atoms with E-state index < -0.39 is 0 Å². The van der Waals surface area contributed by atoms with Crippen LogP contribution in [0.25, 0.3) is 0 Å². The van der Waals surface area contributed by atoms with E-state index in [1.807, 2.05) is 55.6 Å². The monoisotopic (exact) mass is 859 g/mol. The average molecular weight is 859 g/mol. The van der Waals surface area contributed by atoms with Gasteiger partial charge in [-0.2, -0.15) is 0 Å². The minimum absolute atomic E-state index is 0.0213. The Kier molecular flexibility index (Phi) is 28.8. The van der Waals surface area contributed by atoms with Crippen molar-refractivity contribution < 1.29 is 9.59 Å². The predicted molar refractivity (Wildman–Crippen MR) is 279 cm³/mol. The number of hydrogen-bond acceptors (Lipinski definition) is 2. The van der Waals surface area contributed by atoms with Gasteiger partial charge in [0.2, 0.25) is 0 Å². The lowest BCUT2D eigenvalue weighted by molar-refractivity contribution is 0.0735. The number of rotatable bonds is 8. The van der Waals surface area contributed by atoms with E-state index >= 15 is 0 Å². The second-order valence-electron chi connectivity index (χ2n) is 23.6. The van der Waals surface area contributed by atoms with Crippen LogP contribution in [0.2, 0.25) is 0 Å². The van der Waals surface area contributed by atoms with Gasteiger partial charge < -0.3 is 9.80 Å². The van der Waals surface area contributed by atoms with Crippen molar-refractivity contribution in [2.24, 2.45) is 32.5 Å². The molecular formula is C58H102N2O2. The molecule has 0 atom stereocenters. The Morgan fingerprint density at radius 2 is 0.581 bits per heavy atom. The van der Waals surface area contributed by atoms with Crippen LogP contribution in [-0.4, -0.2) is 48.8 Å². The SMILES string of the molecule is CC.CC.CC.CC(C)(C)Cc1ccc(CC(C)(C)C)cc1.CC(C)(C)Cc1cccc(CC(C)(C)C)c1.CN(CC(C)(C)C)C(=O)c1ccc(C(=O)N(C)CC(C)(C)C)cc1. The molecule has 356 valence electrons. The molecule has 0 radical (unpaired) electrons. The van der Waals surface area contributed by atoms with Crippen LogP contribution in [0.5, 0.6) is 0 Å². The molecule has 0 aliphatic rings. The molecule has 0 unspecified atom stereocenters. The lowest BCUT2D eigenvalue weighted by Crippen LogP contribution is -2.35. The van der Waals surface area contributed by atoms with Gasteiger partial charge in [-0.15, -0.1) is 0 Å². The molecule has 0 aliphatic carbocycles. The first-order valence-electron chi connectivity index (χ1n) is 23.9. The van der Waals surface area contributed by atoms with Gasteiger partial charge in [-0.05, 0) is 105 Å². The fourth-order valence-corrected chi connectivity index (χ4v) is 6.84. The van der Waals surface area contributed by atoms with Gasteiger partial charge in [0.1, 0.15) is 0 Å². The zero-order valence-electron chi connectivity index (χ0n) is 45.9. The van der Waals surface area contributed by atoms with Crippen molar-refractivity contribution in [1.29, 1.82) is 0 Å². The zero-order chi connectivity index (χ0) is 49.5. The molecule has 0 saturated heterocycles.